The summed E-state index contributed by atoms with van der Waals surface area (Å²) in [5.41, 5.74) is -0.522. The summed E-state index contributed by atoms with van der Waals surface area (Å²) in [6.45, 7) is -1.26. The fraction of sp³-hybridized carbons (Fsp3) is 0.211. The molecule has 0 saturated heterocycles. The summed E-state index contributed by atoms with van der Waals surface area (Å²) in [6.07, 6.45) is -6.10. The molecule has 4 aromatic rings. The maximum absolute atomic E-state index is 13.0. The molecule has 4 rings (SSSR count). The Balaban J connectivity index is 1.73. The summed E-state index contributed by atoms with van der Waals surface area (Å²) in [6, 6.07) is 11.2. The molecule has 0 aliphatic rings. The highest BCUT2D eigenvalue weighted by Gasteiger charge is 2.39. The number of aliphatic hydroxyl groups excluding tert-OH is 1. The van der Waals surface area contributed by atoms with Crippen molar-refractivity contribution in [3.63, 3.8) is 0 Å². The van der Waals surface area contributed by atoms with Crippen LogP contribution in [-0.2, 0) is 13.1 Å². The van der Waals surface area contributed by atoms with Gasteiger partial charge in [0.05, 0.1) is 6.54 Å². The van der Waals surface area contributed by atoms with Crippen molar-refractivity contribution in [3.05, 3.63) is 74.7 Å². The van der Waals surface area contributed by atoms with Crippen molar-refractivity contribution in [2.24, 2.45) is 0 Å². The molecule has 0 saturated carbocycles. The first-order valence-electron chi connectivity index (χ1n) is 9.34. The summed E-state index contributed by atoms with van der Waals surface area (Å²) < 4.78 is 42.3. The third-order valence-corrected chi connectivity index (χ3v) is 5.29. The highest BCUT2D eigenvalue weighted by atomic mass is 79.9. The largest absolute Gasteiger partial charge is 0.416 e. The summed E-state index contributed by atoms with van der Waals surface area (Å²) in [5, 5.41) is 18.4. The predicted molar refractivity (Wildman–Crippen MR) is 115 cm³/mol. The average molecular weight is 545 g/mol. The first kappa shape index (κ1) is 23.1. The zero-order valence-electron chi connectivity index (χ0n) is 16.5. The van der Waals surface area contributed by atoms with E-state index in [2.05, 4.69) is 36.1 Å². The van der Waals surface area contributed by atoms with Crippen LogP contribution < -0.4 is 5.69 Å². The van der Waals surface area contributed by atoms with Crippen LogP contribution in [0.3, 0.4) is 0 Å². The van der Waals surface area contributed by atoms with Crippen LogP contribution in [0.1, 0.15) is 5.82 Å². The number of halogens is 5. The molecule has 33 heavy (non-hydrogen) atoms. The van der Waals surface area contributed by atoms with E-state index in [0.717, 1.165) is 9.25 Å². The highest BCUT2D eigenvalue weighted by Crippen LogP contribution is 2.24. The van der Waals surface area contributed by atoms with E-state index in [1.54, 1.807) is 24.4 Å². The second-order valence-corrected chi connectivity index (χ2v) is 7.98. The Morgan fingerprint density at radius 1 is 1.12 bits per heavy atom. The molecule has 9 nitrogen and oxygen atoms in total. The van der Waals surface area contributed by atoms with Crippen LogP contribution in [0.15, 0.2) is 58.2 Å². The van der Waals surface area contributed by atoms with Gasteiger partial charge in [0.1, 0.15) is 6.54 Å². The molecule has 0 spiro atoms. The van der Waals surface area contributed by atoms with Crippen LogP contribution >= 0.6 is 27.5 Å². The minimum Gasteiger partial charge on any atom is -0.382 e. The fourth-order valence-corrected chi connectivity index (χ4v) is 3.55. The van der Waals surface area contributed by atoms with Crippen molar-refractivity contribution in [2.45, 2.75) is 25.4 Å². The lowest BCUT2D eigenvalue weighted by Crippen LogP contribution is -2.37. The molecule has 1 unspecified atom stereocenters. The number of aliphatic hydroxyl groups is 1. The summed E-state index contributed by atoms with van der Waals surface area (Å²) in [5.74, 6) is 0.567. The molecular formula is C19H14BrClF3N7O2. The van der Waals surface area contributed by atoms with Crippen molar-refractivity contribution < 1.29 is 18.3 Å². The van der Waals surface area contributed by atoms with Gasteiger partial charge in [-0.05, 0) is 52.3 Å². The molecule has 3 aromatic heterocycles. The lowest BCUT2D eigenvalue weighted by Gasteiger charge is -2.15. The molecule has 3 heterocycles. The van der Waals surface area contributed by atoms with Crippen LogP contribution in [-0.4, -0.2) is 51.5 Å². The smallest absolute Gasteiger partial charge is 0.382 e. The first-order valence-corrected chi connectivity index (χ1v) is 10.5. The van der Waals surface area contributed by atoms with Gasteiger partial charge < -0.3 is 5.11 Å². The number of hydrogen-bond acceptors (Lipinski definition) is 6. The van der Waals surface area contributed by atoms with E-state index >= 15 is 0 Å². The van der Waals surface area contributed by atoms with Crippen LogP contribution in [0.25, 0.3) is 17.2 Å². The summed E-state index contributed by atoms with van der Waals surface area (Å²) in [4.78, 5) is 21.3. The Labute approximate surface area is 197 Å². The fourth-order valence-electron chi connectivity index (χ4n) is 2.96. The predicted octanol–water partition coefficient (Wildman–Crippen LogP) is 3.07. The number of pyridine rings is 1. The van der Waals surface area contributed by atoms with Crippen molar-refractivity contribution in [2.75, 3.05) is 0 Å². The number of rotatable bonds is 6. The first-order chi connectivity index (χ1) is 15.6. The molecule has 1 aromatic carbocycles. The van der Waals surface area contributed by atoms with Crippen LogP contribution in [0.4, 0.5) is 13.2 Å². The monoisotopic (exact) mass is 543 g/mol. The van der Waals surface area contributed by atoms with E-state index in [-0.39, 0.29) is 18.2 Å². The SMILES string of the molecule is O=c1n(Cc2nc(Br)n(-c3ccccn3)n2)nc(-c2ccc(Cl)cc2)n1CC(O)C(F)(F)F. The standard InChI is InChI=1S/C19H14BrClF3N7O2/c20-17-26-14(27-31(17)15-3-1-2-8-25-15)10-30-18(33)29(9-13(32)19(22,23)24)16(28-30)11-4-6-12(21)7-5-11/h1-8,13,32H,9-10H2. The van der Waals surface area contributed by atoms with Crippen molar-refractivity contribution in [3.8, 4) is 17.2 Å². The molecule has 0 radical (unpaired) electrons. The van der Waals surface area contributed by atoms with Crippen LogP contribution in [0, 0.1) is 0 Å². The molecule has 0 amide bonds. The van der Waals surface area contributed by atoms with E-state index in [1.807, 2.05) is 0 Å². The maximum atomic E-state index is 13.0. The topological polar surface area (TPSA) is 104 Å². The molecule has 0 fully saturated rings. The van der Waals surface area contributed by atoms with Gasteiger partial charge in [-0.2, -0.15) is 17.9 Å². The second-order valence-electron chi connectivity index (χ2n) is 6.84. The summed E-state index contributed by atoms with van der Waals surface area (Å²) >= 11 is 9.15. The van der Waals surface area contributed by atoms with E-state index < -0.39 is 24.5 Å². The van der Waals surface area contributed by atoms with Crippen LogP contribution in [0.5, 0.6) is 0 Å². The number of alkyl halides is 3. The van der Waals surface area contributed by atoms with Gasteiger partial charge >= 0.3 is 11.9 Å². The van der Waals surface area contributed by atoms with Gasteiger partial charge in [0.25, 0.3) is 0 Å². The van der Waals surface area contributed by atoms with Crippen molar-refractivity contribution >= 4 is 27.5 Å². The minimum atomic E-state index is -4.91. The number of aromatic nitrogens is 7. The molecule has 1 N–H and O–H groups in total. The Morgan fingerprint density at radius 3 is 2.48 bits per heavy atom. The Morgan fingerprint density at radius 2 is 1.85 bits per heavy atom. The maximum Gasteiger partial charge on any atom is 0.416 e. The molecule has 0 bridgehead atoms. The number of benzene rings is 1. The second kappa shape index (κ2) is 9.08. The number of hydrogen-bond donors (Lipinski definition) is 1. The third-order valence-electron chi connectivity index (χ3n) is 4.53. The van der Waals surface area contributed by atoms with E-state index in [4.69, 9.17) is 11.6 Å². The van der Waals surface area contributed by atoms with Crippen molar-refractivity contribution in [1.29, 1.82) is 0 Å². The van der Waals surface area contributed by atoms with Gasteiger partial charge in [-0.3, -0.25) is 4.57 Å². The van der Waals surface area contributed by atoms with Crippen molar-refractivity contribution in [1.82, 2.24) is 34.1 Å². The van der Waals surface area contributed by atoms with Gasteiger partial charge in [-0.1, -0.05) is 17.7 Å². The van der Waals surface area contributed by atoms with Crippen LogP contribution in [0.2, 0.25) is 5.02 Å². The zero-order valence-corrected chi connectivity index (χ0v) is 18.8. The average Bonchev–Trinajstić information content (AvgIpc) is 3.29. The normalized spacial score (nSPS) is 12.8. The number of nitrogens with zero attached hydrogens (tertiary/aromatic N) is 7. The quantitative estimate of drug-likeness (QED) is 0.400. The minimum absolute atomic E-state index is 0.0665. The summed E-state index contributed by atoms with van der Waals surface area (Å²) in [7, 11) is 0. The zero-order chi connectivity index (χ0) is 23.8. The van der Waals surface area contributed by atoms with E-state index in [0.29, 0.717) is 21.1 Å². The van der Waals surface area contributed by atoms with Gasteiger partial charge in [0, 0.05) is 16.8 Å². The van der Waals surface area contributed by atoms with Gasteiger partial charge in [-0.15, -0.1) is 10.2 Å². The molecule has 0 aliphatic heterocycles. The highest BCUT2D eigenvalue weighted by molar-refractivity contribution is 9.10. The van der Waals surface area contributed by atoms with E-state index in [9.17, 15) is 23.1 Å². The Bertz CT molecular complexity index is 1320. The molecule has 0 aliphatic carbocycles. The molecular weight excluding hydrogens is 531 g/mol. The molecule has 172 valence electrons. The Kier molecular flexibility index (Phi) is 6.36. The Hall–Kier alpha value is -3.03. The molecule has 14 heteroatoms. The van der Waals surface area contributed by atoms with E-state index in [1.165, 1.54) is 28.9 Å². The lowest BCUT2D eigenvalue weighted by molar-refractivity contribution is -0.207. The molecule has 1 atom stereocenters. The third kappa shape index (κ3) is 4.99. The lowest BCUT2D eigenvalue weighted by atomic mass is 10.2. The van der Waals surface area contributed by atoms with Gasteiger partial charge in [-0.25, -0.2) is 19.4 Å². The van der Waals surface area contributed by atoms with Gasteiger partial charge in [0.15, 0.2) is 23.6 Å². The van der Waals surface area contributed by atoms with Gasteiger partial charge in [0.2, 0.25) is 4.73 Å².